The van der Waals surface area contributed by atoms with E-state index in [0.717, 1.165) is 12.8 Å². The van der Waals surface area contributed by atoms with Gasteiger partial charge in [0.15, 0.2) is 6.29 Å². The van der Waals surface area contributed by atoms with Gasteiger partial charge in [0.25, 0.3) is 0 Å². The Bertz CT molecular complexity index is 335. The van der Waals surface area contributed by atoms with E-state index in [9.17, 15) is 20.1 Å². The number of hydrogen-bond acceptors (Lipinski definition) is 8. The average Bonchev–Trinajstić information content (AvgIpc) is 2.48. The van der Waals surface area contributed by atoms with Crippen molar-refractivity contribution in [2.45, 2.75) is 69.9 Å². The molecule has 0 aromatic heterocycles. The first-order valence-corrected chi connectivity index (χ1v) is 7.52. The van der Waals surface area contributed by atoms with Crippen molar-refractivity contribution in [3.63, 3.8) is 0 Å². The first-order valence-electron chi connectivity index (χ1n) is 7.52. The number of esters is 1. The first-order chi connectivity index (χ1) is 10.4. The molecule has 0 aromatic rings. The van der Waals surface area contributed by atoms with E-state index in [1.165, 1.54) is 0 Å². The summed E-state index contributed by atoms with van der Waals surface area (Å²) < 4.78 is 15.6. The maximum Gasteiger partial charge on any atom is 0.308 e. The van der Waals surface area contributed by atoms with Gasteiger partial charge in [-0.25, -0.2) is 0 Å². The van der Waals surface area contributed by atoms with E-state index in [1.807, 2.05) is 6.92 Å². The van der Waals surface area contributed by atoms with Gasteiger partial charge in [0.2, 0.25) is 0 Å². The van der Waals surface area contributed by atoms with Crippen molar-refractivity contribution in [1.29, 1.82) is 0 Å². The highest BCUT2D eigenvalue weighted by Gasteiger charge is 2.44. The Morgan fingerprint density at radius 2 is 1.91 bits per heavy atom. The monoisotopic (exact) mass is 322 g/mol. The summed E-state index contributed by atoms with van der Waals surface area (Å²) in [5, 5.41) is 38.2. The van der Waals surface area contributed by atoms with Crippen LogP contribution in [0.15, 0.2) is 0 Å². The van der Waals surface area contributed by atoms with E-state index < -0.39 is 49.4 Å². The lowest BCUT2D eigenvalue weighted by Crippen LogP contribution is -2.59. The standard InChI is InChI=1S/C14H26O8/c1-3-4-5-20-10(16)6-8(2)21-14-13(19)12(18)11(17)9(7-15)22-14/h8-9,11-15,17-19H,3-7H2,1-2H3. The molecule has 1 rings (SSSR count). The van der Waals surface area contributed by atoms with Crippen LogP contribution in [0.3, 0.4) is 0 Å². The van der Waals surface area contributed by atoms with Crippen molar-refractivity contribution < 1.29 is 39.4 Å². The van der Waals surface area contributed by atoms with Crippen molar-refractivity contribution in [1.82, 2.24) is 0 Å². The minimum atomic E-state index is -1.50. The van der Waals surface area contributed by atoms with Crippen LogP contribution in [0, 0.1) is 0 Å². The van der Waals surface area contributed by atoms with E-state index in [-0.39, 0.29) is 6.42 Å². The minimum Gasteiger partial charge on any atom is -0.466 e. The molecule has 1 aliphatic heterocycles. The molecule has 22 heavy (non-hydrogen) atoms. The lowest BCUT2D eigenvalue weighted by Gasteiger charge is -2.40. The maximum absolute atomic E-state index is 11.6. The average molecular weight is 322 g/mol. The van der Waals surface area contributed by atoms with Gasteiger partial charge in [-0.2, -0.15) is 0 Å². The molecule has 0 aliphatic carbocycles. The Morgan fingerprint density at radius 1 is 1.23 bits per heavy atom. The summed E-state index contributed by atoms with van der Waals surface area (Å²) >= 11 is 0. The summed E-state index contributed by atoms with van der Waals surface area (Å²) in [4.78, 5) is 11.6. The molecule has 0 saturated carbocycles. The highest BCUT2D eigenvalue weighted by atomic mass is 16.7. The normalized spacial score (nSPS) is 33.5. The summed E-state index contributed by atoms with van der Waals surface area (Å²) in [7, 11) is 0. The molecule has 8 nitrogen and oxygen atoms in total. The van der Waals surface area contributed by atoms with Crippen molar-refractivity contribution >= 4 is 5.97 Å². The van der Waals surface area contributed by atoms with Crippen molar-refractivity contribution in [3.05, 3.63) is 0 Å². The van der Waals surface area contributed by atoms with Crippen LogP contribution in [0.4, 0.5) is 0 Å². The van der Waals surface area contributed by atoms with Gasteiger partial charge in [-0.05, 0) is 13.3 Å². The molecular weight excluding hydrogens is 296 g/mol. The number of aliphatic hydroxyl groups excluding tert-OH is 4. The van der Waals surface area contributed by atoms with Crippen LogP contribution in [0.5, 0.6) is 0 Å². The SMILES string of the molecule is CCCCOC(=O)CC(C)OC1OC(CO)C(O)C(O)C1O. The molecule has 0 bridgehead atoms. The van der Waals surface area contributed by atoms with Crippen LogP contribution in [0.1, 0.15) is 33.1 Å². The second-order valence-corrected chi connectivity index (χ2v) is 5.42. The molecule has 1 fully saturated rings. The largest absolute Gasteiger partial charge is 0.466 e. The zero-order chi connectivity index (χ0) is 16.7. The van der Waals surface area contributed by atoms with Gasteiger partial charge in [0, 0.05) is 0 Å². The van der Waals surface area contributed by atoms with Crippen LogP contribution in [0.2, 0.25) is 0 Å². The van der Waals surface area contributed by atoms with Crippen LogP contribution >= 0.6 is 0 Å². The van der Waals surface area contributed by atoms with Gasteiger partial charge in [0.1, 0.15) is 24.4 Å². The van der Waals surface area contributed by atoms with Gasteiger partial charge in [0.05, 0.1) is 25.7 Å². The third-order valence-corrected chi connectivity index (χ3v) is 3.43. The number of carbonyl (C=O) groups is 1. The summed E-state index contributed by atoms with van der Waals surface area (Å²) in [6.07, 6.45) is -5.63. The first kappa shape index (κ1) is 19.3. The van der Waals surface area contributed by atoms with E-state index in [1.54, 1.807) is 6.92 Å². The Labute approximate surface area is 129 Å². The molecule has 6 unspecified atom stereocenters. The number of carbonyl (C=O) groups excluding carboxylic acids is 1. The molecule has 1 aliphatic rings. The van der Waals surface area contributed by atoms with Gasteiger partial charge < -0.3 is 34.6 Å². The zero-order valence-corrected chi connectivity index (χ0v) is 12.9. The van der Waals surface area contributed by atoms with Crippen LogP contribution in [-0.2, 0) is 19.0 Å². The van der Waals surface area contributed by atoms with Gasteiger partial charge in [-0.15, -0.1) is 0 Å². The number of hydrogen-bond donors (Lipinski definition) is 4. The van der Waals surface area contributed by atoms with E-state index in [4.69, 9.17) is 19.3 Å². The molecule has 8 heteroatoms. The molecule has 4 N–H and O–H groups in total. The molecule has 0 spiro atoms. The lowest BCUT2D eigenvalue weighted by molar-refractivity contribution is -0.310. The number of ether oxygens (including phenoxy) is 3. The molecular formula is C14H26O8. The molecule has 0 aromatic carbocycles. The quantitative estimate of drug-likeness (QED) is 0.329. The predicted molar refractivity (Wildman–Crippen MR) is 74.8 cm³/mol. The molecule has 1 saturated heterocycles. The smallest absolute Gasteiger partial charge is 0.308 e. The highest BCUT2D eigenvalue weighted by Crippen LogP contribution is 2.23. The minimum absolute atomic E-state index is 0.0290. The molecule has 0 radical (unpaired) electrons. The van der Waals surface area contributed by atoms with Crippen LogP contribution < -0.4 is 0 Å². The summed E-state index contributed by atoms with van der Waals surface area (Å²) in [5.74, 6) is -0.425. The summed E-state index contributed by atoms with van der Waals surface area (Å²) in [6, 6.07) is 0. The van der Waals surface area contributed by atoms with Gasteiger partial charge >= 0.3 is 5.97 Å². The zero-order valence-electron chi connectivity index (χ0n) is 12.9. The molecule has 6 atom stereocenters. The Morgan fingerprint density at radius 3 is 2.50 bits per heavy atom. The fourth-order valence-electron chi connectivity index (χ4n) is 2.08. The molecule has 130 valence electrons. The Kier molecular flexibility index (Phi) is 8.23. The highest BCUT2D eigenvalue weighted by molar-refractivity contribution is 5.69. The van der Waals surface area contributed by atoms with E-state index in [0.29, 0.717) is 6.61 Å². The second-order valence-electron chi connectivity index (χ2n) is 5.42. The van der Waals surface area contributed by atoms with Gasteiger partial charge in [-0.1, -0.05) is 13.3 Å². The second kappa shape index (κ2) is 9.39. The van der Waals surface area contributed by atoms with E-state index in [2.05, 4.69) is 0 Å². The molecule has 1 heterocycles. The van der Waals surface area contributed by atoms with Crippen molar-refractivity contribution in [3.8, 4) is 0 Å². The van der Waals surface area contributed by atoms with Crippen molar-refractivity contribution in [2.24, 2.45) is 0 Å². The maximum atomic E-state index is 11.6. The van der Waals surface area contributed by atoms with E-state index >= 15 is 0 Å². The Hall–Kier alpha value is -0.770. The predicted octanol–water partition coefficient (Wildman–Crippen LogP) is -1.08. The van der Waals surface area contributed by atoms with Crippen LogP contribution in [-0.4, -0.2) is 76.4 Å². The number of unbranched alkanes of at least 4 members (excludes halogenated alkanes) is 1. The van der Waals surface area contributed by atoms with Crippen molar-refractivity contribution in [2.75, 3.05) is 13.2 Å². The Balaban J connectivity index is 2.45. The summed E-state index contributed by atoms with van der Waals surface area (Å²) in [5.41, 5.74) is 0. The van der Waals surface area contributed by atoms with Gasteiger partial charge in [-0.3, -0.25) is 4.79 Å². The topological polar surface area (TPSA) is 126 Å². The third-order valence-electron chi connectivity index (χ3n) is 3.43. The van der Waals surface area contributed by atoms with Crippen LogP contribution in [0.25, 0.3) is 0 Å². The fraction of sp³-hybridized carbons (Fsp3) is 0.929. The lowest BCUT2D eigenvalue weighted by atomic mass is 9.99. The third kappa shape index (κ3) is 5.45. The number of aliphatic hydroxyl groups is 4. The summed E-state index contributed by atoms with van der Waals surface area (Å²) in [6.45, 7) is 3.40. The molecule has 0 amide bonds. The number of rotatable bonds is 8. The fourth-order valence-corrected chi connectivity index (χ4v) is 2.08.